The third-order valence-electron chi connectivity index (χ3n) is 4.71. The zero-order chi connectivity index (χ0) is 22.4. The van der Waals surface area contributed by atoms with E-state index >= 15 is 0 Å². The van der Waals surface area contributed by atoms with Gasteiger partial charge in [0.05, 0.1) is 22.9 Å². The third kappa shape index (κ3) is 5.24. The van der Waals surface area contributed by atoms with E-state index < -0.39 is 15.9 Å². The largest absolute Gasteiger partial charge is 0.492 e. The molecule has 1 N–H and O–H groups in total. The highest BCUT2D eigenvalue weighted by Gasteiger charge is 2.28. The van der Waals surface area contributed by atoms with Crippen LogP contribution in [0.2, 0.25) is 0 Å². The van der Waals surface area contributed by atoms with E-state index in [1.807, 2.05) is 39.0 Å². The van der Waals surface area contributed by atoms with Gasteiger partial charge < -0.3 is 10.1 Å². The second-order valence-corrected chi connectivity index (χ2v) is 8.95. The average Bonchev–Trinajstić information content (AvgIpc) is 2.76. The van der Waals surface area contributed by atoms with Crippen molar-refractivity contribution < 1.29 is 17.9 Å². The maximum absolute atomic E-state index is 13.5. The van der Waals surface area contributed by atoms with Gasteiger partial charge >= 0.3 is 0 Å². The lowest BCUT2D eigenvalue weighted by Gasteiger charge is -2.26. The molecule has 0 aliphatic rings. The number of aryl methyl sites for hydroxylation is 2. The van der Waals surface area contributed by atoms with Gasteiger partial charge in [0.15, 0.2) is 0 Å². The number of sulfonamides is 1. The van der Waals surface area contributed by atoms with Crippen LogP contribution in [0.15, 0.2) is 77.7 Å². The van der Waals surface area contributed by atoms with E-state index in [-0.39, 0.29) is 11.4 Å². The van der Waals surface area contributed by atoms with Crippen molar-refractivity contribution in [2.75, 3.05) is 22.8 Å². The molecule has 0 spiro atoms. The molecule has 162 valence electrons. The number of rotatable bonds is 8. The van der Waals surface area contributed by atoms with E-state index in [4.69, 9.17) is 4.74 Å². The van der Waals surface area contributed by atoms with Crippen LogP contribution in [0.25, 0.3) is 0 Å². The molecular weight excluding hydrogens is 412 g/mol. The lowest BCUT2D eigenvalue weighted by atomic mass is 10.1. The van der Waals surface area contributed by atoms with Gasteiger partial charge in [0.1, 0.15) is 12.3 Å². The third-order valence-corrected chi connectivity index (χ3v) is 6.49. The van der Waals surface area contributed by atoms with Gasteiger partial charge in [0, 0.05) is 0 Å². The number of nitrogens with one attached hydrogen (secondary N) is 1. The molecule has 0 aliphatic heterocycles. The summed E-state index contributed by atoms with van der Waals surface area (Å²) in [6.45, 7) is 5.64. The molecule has 0 aromatic heterocycles. The van der Waals surface area contributed by atoms with Crippen LogP contribution in [0.5, 0.6) is 5.75 Å². The molecule has 3 aromatic carbocycles. The van der Waals surface area contributed by atoms with E-state index in [9.17, 15) is 13.2 Å². The summed E-state index contributed by atoms with van der Waals surface area (Å²) in [4.78, 5) is 13.1. The predicted molar refractivity (Wildman–Crippen MR) is 123 cm³/mol. The van der Waals surface area contributed by atoms with Crippen molar-refractivity contribution >= 4 is 27.3 Å². The minimum absolute atomic E-state index is 0.124. The van der Waals surface area contributed by atoms with Gasteiger partial charge in [-0.05, 0) is 62.2 Å². The van der Waals surface area contributed by atoms with Gasteiger partial charge in [-0.15, -0.1) is 0 Å². The number of benzene rings is 3. The highest BCUT2D eigenvalue weighted by molar-refractivity contribution is 7.92. The Morgan fingerprint density at radius 3 is 2.35 bits per heavy atom. The van der Waals surface area contributed by atoms with E-state index in [0.717, 1.165) is 15.4 Å². The fourth-order valence-electron chi connectivity index (χ4n) is 3.18. The number of hydrogen-bond acceptors (Lipinski definition) is 4. The Bertz CT molecular complexity index is 1160. The summed E-state index contributed by atoms with van der Waals surface area (Å²) in [5, 5.41) is 2.78. The number of carbonyl (C=O) groups excluding carboxylic acids is 1. The van der Waals surface area contributed by atoms with Crippen molar-refractivity contribution in [2.24, 2.45) is 0 Å². The minimum Gasteiger partial charge on any atom is -0.492 e. The van der Waals surface area contributed by atoms with Gasteiger partial charge in [0.2, 0.25) is 5.91 Å². The van der Waals surface area contributed by atoms with Crippen molar-refractivity contribution in [1.29, 1.82) is 0 Å². The number of amides is 1. The van der Waals surface area contributed by atoms with Crippen LogP contribution < -0.4 is 14.4 Å². The van der Waals surface area contributed by atoms with Crippen LogP contribution in [-0.4, -0.2) is 27.5 Å². The molecule has 0 heterocycles. The SMILES string of the molecule is CCOc1ccccc1NC(=O)CN(c1cc(C)ccc1C)S(=O)(=O)c1ccccc1. The summed E-state index contributed by atoms with van der Waals surface area (Å²) in [5.41, 5.74) is 2.62. The zero-order valence-electron chi connectivity index (χ0n) is 17.8. The van der Waals surface area contributed by atoms with Crippen LogP contribution in [-0.2, 0) is 14.8 Å². The number of ether oxygens (including phenoxy) is 1. The maximum Gasteiger partial charge on any atom is 0.264 e. The number of hydrogen-bond donors (Lipinski definition) is 1. The molecule has 0 saturated heterocycles. The molecule has 1 amide bonds. The first kappa shape index (κ1) is 22.4. The van der Waals surface area contributed by atoms with Crippen molar-refractivity contribution in [3.05, 3.63) is 83.9 Å². The first-order valence-corrected chi connectivity index (χ1v) is 11.4. The number of carbonyl (C=O) groups is 1. The van der Waals surface area contributed by atoms with Gasteiger partial charge in [-0.1, -0.05) is 42.5 Å². The molecule has 0 bridgehead atoms. The molecule has 7 heteroatoms. The van der Waals surface area contributed by atoms with E-state index in [1.165, 1.54) is 12.1 Å². The van der Waals surface area contributed by atoms with Crippen molar-refractivity contribution in [1.82, 2.24) is 0 Å². The standard InChI is InChI=1S/C24H26N2O4S/c1-4-30-23-13-9-8-12-21(23)25-24(27)17-26(22-16-18(2)14-15-19(22)3)31(28,29)20-10-6-5-7-11-20/h5-16H,4,17H2,1-3H3,(H,25,27). The van der Waals surface area contributed by atoms with E-state index in [2.05, 4.69) is 5.32 Å². The van der Waals surface area contributed by atoms with Crippen LogP contribution in [0.1, 0.15) is 18.1 Å². The quantitative estimate of drug-likeness (QED) is 0.560. The fraction of sp³-hybridized carbons (Fsp3) is 0.208. The van der Waals surface area contributed by atoms with Crippen molar-refractivity contribution in [2.45, 2.75) is 25.7 Å². The summed E-state index contributed by atoms with van der Waals surface area (Å²) in [6, 6.07) is 20.7. The molecule has 3 rings (SSSR count). The van der Waals surface area contributed by atoms with Gasteiger partial charge in [0.25, 0.3) is 10.0 Å². The van der Waals surface area contributed by atoms with Gasteiger partial charge in [-0.25, -0.2) is 8.42 Å². The Morgan fingerprint density at radius 1 is 0.968 bits per heavy atom. The summed E-state index contributed by atoms with van der Waals surface area (Å²) in [6.07, 6.45) is 0. The summed E-state index contributed by atoms with van der Waals surface area (Å²) >= 11 is 0. The lowest BCUT2D eigenvalue weighted by Crippen LogP contribution is -2.38. The number of anilines is 2. The average molecular weight is 439 g/mol. The van der Waals surface area contributed by atoms with Crippen LogP contribution in [0.4, 0.5) is 11.4 Å². The maximum atomic E-state index is 13.5. The minimum atomic E-state index is -3.96. The molecule has 3 aromatic rings. The highest BCUT2D eigenvalue weighted by atomic mass is 32.2. The first-order chi connectivity index (χ1) is 14.8. The molecule has 31 heavy (non-hydrogen) atoms. The Labute approximate surface area is 183 Å². The summed E-state index contributed by atoms with van der Waals surface area (Å²) in [7, 11) is -3.96. The molecule has 0 unspecified atom stereocenters. The fourth-order valence-corrected chi connectivity index (χ4v) is 4.68. The topological polar surface area (TPSA) is 75.7 Å². The van der Waals surface area contributed by atoms with Crippen LogP contribution >= 0.6 is 0 Å². The predicted octanol–water partition coefficient (Wildman–Crippen LogP) is 4.54. The molecule has 0 saturated carbocycles. The lowest BCUT2D eigenvalue weighted by molar-refractivity contribution is -0.114. The zero-order valence-corrected chi connectivity index (χ0v) is 18.6. The van der Waals surface area contributed by atoms with Gasteiger partial charge in [-0.3, -0.25) is 9.10 Å². The Morgan fingerprint density at radius 2 is 1.65 bits per heavy atom. The van der Waals surface area contributed by atoms with Gasteiger partial charge in [-0.2, -0.15) is 0 Å². The molecule has 0 atom stereocenters. The van der Waals surface area contributed by atoms with Crippen molar-refractivity contribution in [3.8, 4) is 5.75 Å². The Balaban J connectivity index is 1.98. The molecule has 0 radical (unpaired) electrons. The van der Waals surface area contributed by atoms with E-state index in [0.29, 0.717) is 23.7 Å². The molecule has 0 aliphatic carbocycles. The van der Waals surface area contributed by atoms with Crippen LogP contribution in [0.3, 0.4) is 0 Å². The monoisotopic (exact) mass is 438 g/mol. The Kier molecular flexibility index (Phi) is 6.97. The summed E-state index contributed by atoms with van der Waals surface area (Å²) in [5.74, 6) is 0.0649. The summed E-state index contributed by atoms with van der Waals surface area (Å²) < 4.78 is 33.7. The highest BCUT2D eigenvalue weighted by Crippen LogP contribution is 2.29. The smallest absolute Gasteiger partial charge is 0.264 e. The number of para-hydroxylation sites is 2. The second kappa shape index (κ2) is 9.66. The molecular formula is C24H26N2O4S. The molecule has 6 nitrogen and oxygen atoms in total. The van der Waals surface area contributed by atoms with Crippen LogP contribution in [0, 0.1) is 13.8 Å². The molecule has 0 fully saturated rings. The first-order valence-electron chi connectivity index (χ1n) is 9.99. The van der Waals surface area contributed by atoms with E-state index in [1.54, 1.807) is 42.5 Å². The Hall–Kier alpha value is -3.32. The number of nitrogens with zero attached hydrogens (tertiary/aromatic N) is 1. The normalized spacial score (nSPS) is 11.1. The second-order valence-electron chi connectivity index (χ2n) is 7.09. The van der Waals surface area contributed by atoms with Crippen molar-refractivity contribution in [3.63, 3.8) is 0 Å².